The summed E-state index contributed by atoms with van der Waals surface area (Å²) in [6.45, 7) is 1.76. The molecular formula is C20H24ClN3O5. The number of hydrogen-bond donors (Lipinski definition) is 3. The number of nitrogens with one attached hydrogen (secondary N) is 3. The Morgan fingerprint density at radius 1 is 1.10 bits per heavy atom. The molecule has 0 spiro atoms. The van der Waals surface area contributed by atoms with Crippen molar-refractivity contribution in [2.45, 2.75) is 6.54 Å². The number of fused-ring (bicyclic) bond motifs is 1. The molecule has 9 heteroatoms. The van der Waals surface area contributed by atoms with Gasteiger partial charge in [0.25, 0.3) is 5.91 Å². The first-order valence-electron chi connectivity index (χ1n) is 8.92. The highest BCUT2D eigenvalue weighted by atomic mass is 35.5. The average molecular weight is 422 g/mol. The Morgan fingerprint density at radius 2 is 1.90 bits per heavy atom. The topological polar surface area (TPSA) is 97.9 Å². The van der Waals surface area contributed by atoms with Crippen molar-refractivity contribution < 1.29 is 23.8 Å². The van der Waals surface area contributed by atoms with Gasteiger partial charge in [-0.05, 0) is 29.8 Å². The Morgan fingerprint density at radius 3 is 2.72 bits per heavy atom. The molecule has 0 saturated carbocycles. The van der Waals surface area contributed by atoms with Crippen LogP contribution < -0.4 is 25.4 Å². The first-order chi connectivity index (χ1) is 13.7. The fraction of sp³-hybridized carbons (Fsp3) is 0.300. The van der Waals surface area contributed by atoms with Crippen LogP contribution in [0.2, 0.25) is 0 Å². The summed E-state index contributed by atoms with van der Waals surface area (Å²) in [5.41, 5.74) is 1.75. The minimum atomic E-state index is -0.277. The molecule has 3 rings (SSSR count). The van der Waals surface area contributed by atoms with Crippen LogP contribution in [0.3, 0.4) is 0 Å². The molecule has 156 valence electrons. The summed E-state index contributed by atoms with van der Waals surface area (Å²) in [5, 5.41) is 8.58. The van der Waals surface area contributed by atoms with E-state index in [4.69, 9.17) is 14.2 Å². The van der Waals surface area contributed by atoms with Crippen LogP contribution in [-0.2, 0) is 16.1 Å². The van der Waals surface area contributed by atoms with Crippen LogP contribution in [0.5, 0.6) is 11.5 Å². The summed E-state index contributed by atoms with van der Waals surface area (Å²) in [6, 6.07) is 12.4. The van der Waals surface area contributed by atoms with Gasteiger partial charge in [-0.1, -0.05) is 18.2 Å². The minimum Gasteiger partial charge on any atom is -0.454 e. The van der Waals surface area contributed by atoms with Crippen molar-refractivity contribution in [3.63, 3.8) is 0 Å². The number of para-hydroxylation sites is 1. The van der Waals surface area contributed by atoms with Crippen LogP contribution in [0, 0.1) is 0 Å². The smallest absolute Gasteiger partial charge is 0.253 e. The largest absolute Gasteiger partial charge is 0.454 e. The molecule has 0 bridgehead atoms. The zero-order valence-electron chi connectivity index (χ0n) is 16.0. The second-order valence-corrected chi connectivity index (χ2v) is 6.13. The number of halogens is 1. The molecule has 0 saturated heterocycles. The third-order valence-corrected chi connectivity index (χ3v) is 4.10. The fourth-order valence-electron chi connectivity index (χ4n) is 2.69. The summed E-state index contributed by atoms with van der Waals surface area (Å²) >= 11 is 0. The Balaban J connectivity index is 0.00000300. The predicted octanol–water partition coefficient (Wildman–Crippen LogP) is 1.94. The highest BCUT2D eigenvalue weighted by molar-refractivity contribution is 6.04. The maximum absolute atomic E-state index is 12.6. The molecule has 2 aromatic rings. The Labute approximate surface area is 175 Å². The highest BCUT2D eigenvalue weighted by Crippen LogP contribution is 2.32. The van der Waals surface area contributed by atoms with E-state index in [1.54, 1.807) is 31.4 Å². The monoisotopic (exact) mass is 421 g/mol. The predicted molar refractivity (Wildman–Crippen MR) is 111 cm³/mol. The van der Waals surface area contributed by atoms with Gasteiger partial charge >= 0.3 is 0 Å². The maximum Gasteiger partial charge on any atom is 0.253 e. The van der Waals surface area contributed by atoms with E-state index in [1.807, 2.05) is 18.2 Å². The van der Waals surface area contributed by atoms with Crippen LogP contribution in [0.1, 0.15) is 15.9 Å². The van der Waals surface area contributed by atoms with Crippen molar-refractivity contribution >= 4 is 29.9 Å². The lowest BCUT2D eigenvalue weighted by molar-refractivity contribution is -0.115. The molecule has 1 aliphatic rings. The first-order valence-corrected chi connectivity index (χ1v) is 8.92. The molecule has 0 aliphatic carbocycles. The van der Waals surface area contributed by atoms with Crippen LogP contribution >= 0.6 is 12.4 Å². The van der Waals surface area contributed by atoms with Crippen LogP contribution in [0.25, 0.3) is 0 Å². The summed E-state index contributed by atoms with van der Waals surface area (Å²) in [4.78, 5) is 24.7. The van der Waals surface area contributed by atoms with Crippen LogP contribution in [0.15, 0.2) is 42.5 Å². The molecule has 3 N–H and O–H groups in total. The number of amides is 2. The molecule has 2 aromatic carbocycles. The normalized spacial score (nSPS) is 11.5. The summed E-state index contributed by atoms with van der Waals surface area (Å²) in [5.74, 6) is 0.857. The molecule has 8 nitrogen and oxygen atoms in total. The number of ether oxygens (including phenoxy) is 3. The number of rotatable bonds is 9. The van der Waals surface area contributed by atoms with E-state index in [0.29, 0.717) is 42.4 Å². The van der Waals surface area contributed by atoms with E-state index in [2.05, 4.69) is 16.0 Å². The van der Waals surface area contributed by atoms with Crippen molar-refractivity contribution in [3.8, 4) is 11.5 Å². The average Bonchev–Trinajstić information content (AvgIpc) is 3.18. The third kappa shape index (κ3) is 6.35. The number of methoxy groups -OCH3 is 1. The molecular weight excluding hydrogens is 398 g/mol. The molecule has 0 fully saturated rings. The number of carbonyl (C=O) groups excluding carboxylic acids is 2. The number of anilines is 1. The lowest BCUT2D eigenvalue weighted by Crippen LogP contribution is -2.31. The number of benzene rings is 2. The minimum absolute atomic E-state index is 0. The second kappa shape index (κ2) is 11.3. The number of carbonyl (C=O) groups is 2. The van der Waals surface area contributed by atoms with Gasteiger partial charge in [0.1, 0.15) is 0 Å². The quantitative estimate of drug-likeness (QED) is 0.535. The standard InChI is InChI=1S/C20H23N3O5.ClH/c1-26-9-8-21-12-19(24)23-16-5-3-2-4-15(16)20(25)22-11-14-6-7-17-18(10-14)28-13-27-17;/h2-7,10,21H,8-9,11-13H2,1H3,(H,22,25)(H,23,24);1H. The third-order valence-electron chi connectivity index (χ3n) is 4.10. The van der Waals surface area contributed by atoms with Crippen molar-refractivity contribution in [1.82, 2.24) is 10.6 Å². The fourth-order valence-corrected chi connectivity index (χ4v) is 2.69. The van der Waals surface area contributed by atoms with E-state index in [0.717, 1.165) is 5.56 Å². The lowest BCUT2D eigenvalue weighted by atomic mass is 10.1. The molecule has 0 unspecified atom stereocenters. The van der Waals surface area contributed by atoms with E-state index < -0.39 is 0 Å². The van der Waals surface area contributed by atoms with Crippen molar-refractivity contribution in [2.24, 2.45) is 0 Å². The summed E-state index contributed by atoms with van der Waals surface area (Å²) in [6.07, 6.45) is 0. The van der Waals surface area contributed by atoms with Gasteiger partial charge in [-0.3, -0.25) is 9.59 Å². The molecule has 29 heavy (non-hydrogen) atoms. The van der Waals surface area contributed by atoms with Crippen molar-refractivity contribution in [1.29, 1.82) is 0 Å². The highest BCUT2D eigenvalue weighted by Gasteiger charge is 2.15. The maximum atomic E-state index is 12.6. The van der Waals surface area contributed by atoms with Gasteiger partial charge in [-0.25, -0.2) is 0 Å². The van der Waals surface area contributed by atoms with E-state index >= 15 is 0 Å². The van der Waals surface area contributed by atoms with Gasteiger partial charge in [0, 0.05) is 20.2 Å². The molecule has 0 aromatic heterocycles. The van der Waals surface area contributed by atoms with Crippen molar-refractivity contribution in [3.05, 3.63) is 53.6 Å². The number of hydrogen-bond acceptors (Lipinski definition) is 6. The molecule has 1 aliphatic heterocycles. The molecule has 0 radical (unpaired) electrons. The van der Waals surface area contributed by atoms with Crippen LogP contribution in [0.4, 0.5) is 5.69 Å². The molecule has 1 heterocycles. The SMILES string of the molecule is COCCNCC(=O)Nc1ccccc1C(=O)NCc1ccc2c(c1)OCO2.Cl. The molecule has 0 atom stereocenters. The van der Waals surface area contributed by atoms with Gasteiger partial charge in [0.05, 0.1) is 24.4 Å². The van der Waals surface area contributed by atoms with Gasteiger partial charge in [-0.2, -0.15) is 0 Å². The summed E-state index contributed by atoms with van der Waals surface area (Å²) < 4.78 is 15.5. The Hall–Kier alpha value is -2.81. The van der Waals surface area contributed by atoms with Crippen LogP contribution in [-0.4, -0.2) is 45.4 Å². The van der Waals surface area contributed by atoms with Gasteiger partial charge < -0.3 is 30.2 Å². The Bertz CT molecular complexity index is 847. The summed E-state index contributed by atoms with van der Waals surface area (Å²) in [7, 11) is 1.60. The lowest BCUT2D eigenvalue weighted by Gasteiger charge is -2.12. The van der Waals surface area contributed by atoms with Crippen molar-refractivity contribution in [2.75, 3.05) is 38.9 Å². The molecule has 2 amide bonds. The van der Waals surface area contributed by atoms with E-state index in [9.17, 15) is 9.59 Å². The van der Waals surface area contributed by atoms with Gasteiger partial charge in [-0.15, -0.1) is 12.4 Å². The van der Waals surface area contributed by atoms with E-state index in [1.165, 1.54) is 0 Å². The zero-order chi connectivity index (χ0) is 19.8. The second-order valence-electron chi connectivity index (χ2n) is 6.13. The zero-order valence-corrected chi connectivity index (χ0v) is 16.8. The van der Waals surface area contributed by atoms with Gasteiger partial charge in [0.2, 0.25) is 12.7 Å². The Kier molecular flexibility index (Phi) is 8.72. The first kappa shape index (κ1) is 22.5. The van der Waals surface area contributed by atoms with Gasteiger partial charge in [0.15, 0.2) is 11.5 Å². The van der Waals surface area contributed by atoms with E-state index in [-0.39, 0.29) is 37.6 Å².